The van der Waals surface area contributed by atoms with Gasteiger partial charge in [-0.25, -0.2) is 0 Å². The quantitative estimate of drug-likeness (QED) is 0.892. The molecular formula is C17H20N2O. The molecule has 0 aromatic heterocycles. The van der Waals surface area contributed by atoms with Crippen molar-refractivity contribution in [1.82, 2.24) is 0 Å². The summed E-state index contributed by atoms with van der Waals surface area (Å²) in [6.45, 7) is 3.68. The number of rotatable bonds is 4. The molecule has 0 aliphatic carbocycles. The van der Waals surface area contributed by atoms with Crippen molar-refractivity contribution in [2.45, 2.75) is 25.8 Å². The zero-order valence-corrected chi connectivity index (χ0v) is 11.9. The van der Waals surface area contributed by atoms with Crippen LogP contribution in [0.15, 0.2) is 54.6 Å². The van der Waals surface area contributed by atoms with Crippen LogP contribution >= 0.6 is 0 Å². The third kappa shape index (κ3) is 4.21. The van der Waals surface area contributed by atoms with E-state index in [9.17, 15) is 4.79 Å². The van der Waals surface area contributed by atoms with E-state index in [1.165, 1.54) is 0 Å². The first-order chi connectivity index (χ1) is 9.44. The van der Waals surface area contributed by atoms with E-state index in [0.29, 0.717) is 6.42 Å². The topological polar surface area (TPSA) is 55.1 Å². The van der Waals surface area contributed by atoms with Gasteiger partial charge in [-0.05, 0) is 37.1 Å². The van der Waals surface area contributed by atoms with Crippen LogP contribution in [0.2, 0.25) is 0 Å². The van der Waals surface area contributed by atoms with E-state index >= 15 is 0 Å². The number of nitrogens with two attached hydrogens (primary N) is 1. The maximum atomic E-state index is 11.8. The molecule has 3 nitrogen and oxygen atoms in total. The Kier molecular flexibility index (Phi) is 4.20. The molecule has 2 aromatic carbocycles. The van der Waals surface area contributed by atoms with E-state index in [2.05, 4.69) is 17.4 Å². The van der Waals surface area contributed by atoms with Crippen LogP contribution in [0.1, 0.15) is 20.3 Å². The van der Waals surface area contributed by atoms with Crippen molar-refractivity contribution in [3.63, 3.8) is 0 Å². The van der Waals surface area contributed by atoms with Crippen LogP contribution in [0.25, 0.3) is 11.1 Å². The minimum absolute atomic E-state index is 0.0649. The van der Waals surface area contributed by atoms with Crippen LogP contribution in [-0.2, 0) is 4.79 Å². The Bertz CT molecular complexity index is 568. The lowest BCUT2D eigenvalue weighted by molar-refractivity contribution is -0.117. The molecule has 0 bridgehead atoms. The molecule has 0 unspecified atom stereocenters. The van der Waals surface area contributed by atoms with E-state index in [1.54, 1.807) is 0 Å². The van der Waals surface area contributed by atoms with Gasteiger partial charge in [-0.3, -0.25) is 4.79 Å². The summed E-state index contributed by atoms with van der Waals surface area (Å²) in [5, 5.41) is 2.86. The Hall–Kier alpha value is -2.13. The van der Waals surface area contributed by atoms with Gasteiger partial charge in [-0.15, -0.1) is 0 Å². The Labute approximate surface area is 119 Å². The predicted octanol–water partition coefficient (Wildman–Crippen LogP) is 3.42. The number of benzene rings is 2. The maximum Gasteiger partial charge on any atom is 0.226 e. The van der Waals surface area contributed by atoms with Gasteiger partial charge in [0.15, 0.2) is 0 Å². The van der Waals surface area contributed by atoms with Crippen LogP contribution < -0.4 is 11.1 Å². The fourth-order valence-electron chi connectivity index (χ4n) is 2.00. The van der Waals surface area contributed by atoms with Crippen LogP contribution in [0.4, 0.5) is 5.69 Å². The average molecular weight is 268 g/mol. The monoisotopic (exact) mass is 268 g/mol. The number of carbonyl (C=O) groups excluding carboxylic acids is 1. The second kappa shape index (κ2) is 5.88. The molecule has 2 rings (SSSR count). The fraction of sp³-hybridized carbons (Fsp3) is 0.235. The number of nitrogens with one attached hydrogen (secondary N) is 1. The Morgan fingerprint density at radius 2 is 1.55 bits per heavy atom. The molecule has 0 heterocycles. The zero-order chi connectivity index (χ0) is 14.6. The van der Waals surface area contributed by atoms with E-state index in [0.717, 1.165) is 16.8 Å². The molecule has 3 heteroatoms. The molecule has 20 heavy (non-hydrogen) atoms. The van der Waals surface area contributed by atoms with E-state index in [1.807, 2.05) is 56.3 Å². The summed E-state index contributed by atoms with van der Waals surface area (Å²) in [6, 6.07) is 17.9. The number of amides is 1. The lowest BCUT2D eigenvalue weighted by Crippen LogP contribution is -2.36. The third-order valence-corrected chi connectivity index (χ3v) is 2.89. The van der Waals surface area contributed by atoms with Gasteiger partial charge in [-0.1, -0.05) is 42.5 Å². The minimum Gasteiger partial charge on any atom is -0.326 e. The lowest BCUT2D eigenvalue weighted by atomic mass is 10.0. The number of hydrogen-bond donors (Lipinski definition) is 2. The standard InChI is InChI=1S/C17H20N2O/c1-17(2,18)12-16(20)19-15-10-8-14(9-11-15)13-6-4-3-5-7-13/h3-11H,12,18H2,1-2H3,(H,19,20). The third-order valence-electron chi connectivity index (χ3n) is 2.89. The summed E-state index contributed by atoms with van der Waals surface area (Å²) < 4.78 is 0. The minimum atomic E-state index is -0.492. The molecule has 0 atom stereocenters. The Balaban J connectivity index is 2.04. The normalized spacial score (nSPS) is 11.2. The molecule has 1 amide bonds. The highest BCUT2D eigenvalue weighted by molar-refractivity contribution is 5.91. The van der Waals surface area contributed by atoms with E-state index < -0.39 is 5.54 Å². The van der Waals surface area contributed by atoms with Crippen LogP contribution in [0, 0.1) is 0 Å². The first-order valence-electron chi connectivity index (χ1n) is 6.68. The highest BCUT2D eigenvalue weighted by Crippen LogP contribution is 2.21. The number of hydrogen-bond acceptors (Lipinski definition) is 2. The first kappa shape index (κ1) is 14.3. The van der Waals surface area contributed by atoms with Crippen LogP contribution in [-0.4, -0.2) is 11.4 Å². The number of carbonyl (C=O) groups is 1. The molecule has 2 aromatic rings. The summed E-state index contributed by atoms with van der Waals surface area (Å²) in [4.78, 5) is 11.8. The van der Waals surface area contributed by atoms with Crippen molar-refractivity contribution in [2.75, 3.05) is 5.32 Å². The molecule has 0 aliphatic heterocycles. The van der Waals surface area contributed by atoms with Gasteiger partial charge in [0.25, 0.3) is 0 Å². The summed E-state index contributed by atoms with van der Waals surface area (Å²) >= 11 is 0. The van der Waals surface area contributed by atoms with Gasteiger partial charge in [0, 0.05) is 17.6 Å². The summed E-state index contributed by atoms with van der Waals surface area (Å²) in [5.41, 5.74) is 8.42. The smallest absolute Gasteiger partial charge is 0.226 e. The fourth-order valence-corrected chi connectivity index (χ4v) is 2.00. The molecule has 0 saturated heterocycles. The molecule has 0 spiro atoms. The van der Waals surface area contributed by atoms with Crippen molar-refractivity contribution in [3.05, 3.63) is 54.6 Å². The summed E-state index contributed by atoms with van der Waals surface area (Å²) in [7, 11) is 0. The van der Waals surface area contributed by atoms with Crippen LogP contribution in [0.5, 0.6) is 0 Å². The molecule has 0 saturated carbocycles. The zero-order valence-electron chi connectivity index (χ0n) is 11.9. The van der Waals surface area contributed by atoms with Gasteiger partial charge in [0.2, 0.25) is 5.91 Å². The summed E-state index contributed by atoms with van der Waals surface area (Å²) in [6.07, 6.45) is 0.299. The molecule has 0 aliphatic rings. The molecule has 0 fully saturated rings. The highest BCUT2D eigenvalue weighted by Gasteiger charge is 2.16. The molecule has 0 radical (unpaired) electrons. The first-order valence-corrected chi connectivity index (χ1v) is 6.68. The average Bonchev–Trinajstić information content (AvgIpc) is 2.38. The number of anilines is 1. The van der Waals surface area contributed by atoms with Gasteiger partial charge in [0.1, 0.15) is 0 Å². The van der Waals surface area contributed by atoms with E-state index in [4.69, 9.17) is 5.73 Å². The maximum absolute atomic E-state index is 11.8. The highest BCUT2D eigenvalue weighted by atomic mass is 16.1. The van der Waals surface area contributed by atoms with Crippen molar-refractivity contribution >= 4 is 11.6 Å². The Morgan fingerprint density at radius 3 is 2.10 bits per heavy atom. The lowest BCUT2D eigenvalue weighted by Gasteiger charge is -2.17. The van der Waals surface area contributed by atoms with Crippen molar-refractivity contribution < 1.29 is 4.79 Å². The second-order valence-corrected chi connectivity index (χ2v) is 5.66. The molecule has 104 valence electrons. The Morgan fingerprint density at radius 1 is 1.00 bits per heavy atom. The van der Waals surface area contributed by atoms with Crippen molar-refractivity contribution in [3.8, 4) is 11.1 Å². The van der Waals surface area contributed by atoms with Crippen molar-refractivity contribution in [2.24, 2.45) is 5.73 Å². The van der Waals surface area contributed by atoms with Crippen LogP contribution in [0.3, 0.4) is 0 Å². The largest absolute Gasteiger partial charge is 0.326 e. The molecule has 3 N–H and O–H groups in total. The van der Waals surface area contributed by atoms with Gasteiger partial charge in [-0.2, -0.15) is 0 Å². The SMILES string of the molecule is CC(C)(N)CC(=O)Nc1ccc(-c2ccccc2)cc1. The summed E-state index contributed by atoms with van der Waals surface area (Å²) in [5.74, 6) is -0.0649. The second-order valence-electron chi connectivity index (χ2n) is 5.66. The van der Waals surface area contributed by atoms with Crippen molar-refractivity contribution in [1.29, 1.82) is 0 Å². The van der Waals surface area contributed by atoms with Gasteiger partial charge < -0.3 is 11.1 Å². The molecular weight excluding hydrogens is 248 g/mol. The predicted molar refractivity (Wildman–Crippen MR) is 83.4 cm³/mol. The van der Waals surface area contributed by atoms with Gasteiger partial charge in [0.05, 0.1) is 0 Å². The van der Waals surface area contributed by atoms with Gasteiger partial charge >= 0.3 is 0 Å². The van der Waals surface area contributed by atoms with E-state index in [-0.39, 0.29) is 5.91 Å².